The van der Waals surface area contributed by atoms with Gasteiger partial charge in [0.25, 0.3) is 0 Å². The van der Waals surface area contributed by atoms with Crippen molar-refractivity contribution < 1.29 is 9.90 Å². The van der Waals surface area contributed by atoms with Crippen molar-refractivity contribution in [1.82, 2.24) is 0 Å². The minimum absolute atomic E-state index is 0.157. The van der Waals surface area contributed by atoms with Gasteiger partial charge in [-0.1, -0.05) is 12.8 Å². The molecular formula is C15H18O2. The molecule has 1 N–H and O–H groups in total. The molecule has 0 aromatic heterocycles. The largest absolute Gasteiger partial charge is 0.507 e. The van der Waals surface area contributed by atoms with Crippen LogP contribution in [0, 0.1) is 5.92 Å². The molecule has 2 unspecified atom stereocenters. The van der Waals surface area contributed by atoms with Crippen LogP contribution in [0.4, 0.5) is 0 Å². The third kappa shape index (κ3) is 1.76. The number of benzene rings is 1. The van der Waals surface area contributed by atoms with Crippen molar-refractivity contribution >= 4 is 6.29 Å². The first kappa shape index (κ1) is 10.8. The zero-order valence-electron chi connectivity index (χ0n) is 9.98. The summed E-state index contributed by atoms with van der Waals surface area (Å²) < 4.78 is 0. The Hall–Kier alpha value is -1.31. The maximum Gasteiger partial charge on any atom is 0.153 e. The van der Waals surface area contributed by atoms with E-state index in [4.69, 9.17) is 0 Å². The van der Waals surface area contributed by atoms with E-state index in [0.29, 0.717) is 11.5 Å². The van der Waals surface area contributed by atoms with Crippen LogP contribution in [0.25, 0.3) is 0 Å². The minimum atomic E-state index is 0.157. The highest BCUT2D eigenvalue weighted by Crippen LogP contribution is 2.46. The average molecular weight is 230 g/mol. The number of aryl methyl sites for hydroxylation is 1. The minimum Gasteiger partial charge on any atom is -0.507 e. The lowest BCUT2D eigenvalue weighted by Gasteiger charge is -2.37. The van der Waals surface area contributed by atoms with Gasteiger partial charge in [0.1, 0.15) is 5.75 Å². The van der Waals surface area contributed by atoms with E-state index in [9.17, 15) is 9.90 Å². The Bertz CT molecular complexity index is 450. The Labute approximate surface area is 102 Å². The Morgan fingerprint density at radius 2 is 2.00 bits per heavy atom. The number of phenols is 1. The Balaban J connectivity index is 2.04. The van der Waals surface area contributed by atoms with Gasteiger partial charge in [0.2, 0.25) is 0 Å². The normalized spacial score (nSPS) is 27.1. The number of carbonyl (C=O) groups excluding carboxylic acids is 1. The first-order valence-electron chi connectivity index (χ1n) is 6.60. The predicted octanol–water partition coefficient (Wildman–Crippen LogP) is 3.42. The van der Waals surface area contributed by atoms with Gasteiger partial charge in [0.05, 0.1) is 5.56 Å². The van der Waals surface area contributed by atoms with Crippen LogP contribution in [-0.4, -0.2) is 11.4 Å². The van der Waals surface area contributed by atoms with E-state index in [2.05, 4.69) is 0 Å². The summed E-state index contributed by atoms with van der Waals surface area (Å²) >= 11 is 0. The van der Waals surface area contributed by atoms with Crippen LogP contribution in [0.3, 0.4) is 0 Å². The first-order valence-corrected chi connectivity index (χ1v) is 6.60. The first-order chi connectivity index (χ1) is 8.29. The van der Waals surface area contributed by atoms with Crippen molar-refractivity contribution in [3.63, 3.8) is 0 Å². The molecule has 1 aromatic rings. The molecule has 0 saturated heterocycles. The van der Waals surface area contributed by atoms with Crippen molar-refractivity contribution in [3.8, 4) is 5.75 Å². The highest BCUT2D eigenvalue weighted by atomic mass is 16.3. The van der Waals surface area contributed by atoms with E-state index in [-0.39, 0.29) is 5.75 Å². The lowest BCUT2D eigenvalue weighted by Crippen LogP contribution is -2.24. The SMILES string of the molecule is O=Cc1cc2c(cc1O)C1CCCCC1CC2. The number of rotatable bonds is 1. The lowest BCUT2D eigenvalue weighted by atomic mass is 9.68. The summed E-state index contributed by atoms with van der Waals surface area (Å²) in [6.45, 7) is 0. The number of aldehydes is 1. The van der Waals surface area contributed by atoms with E-state index >= 15 is 0 Å². The standard InChI is InChI=1S/C15H18O2/c16-9-12-7-11-6-5-10-3-1-2-4-13(10)14(11)8-15(12)17/h7-10,13,17H,1-6H2. The van der Waals surface area contributed by atoms with Crippen molar-refractivity contribution in [2.45, 2.75) is 44.4 Å². The van der Waals surface area contributed by atoms with Gasteiger partial charge >= 0.3 is 0 Å². The van der Waals surface area contributed by atoms with Gasteiger partial charge in [-0.15, -0.1) is 0 Å². The topological polar surface area (TPSA) is 37.3 Å². The number of fused-ring (bicyclic) bond motifs is 3. The number of phenolic OH excluding ortho intramolecular Hbond substituents is 1. The van der Waals surface area contributed by atoms with Crippen LogP contribution in [0.15, 0.2) is 12.1 Å². The molecule has 0 amide bonds. The van der Waals surface area contributed by atoms with Crippen LogP contribution in [0.1, 0.15) is 59.5 Å². The molecule has 0 bridgehead atoms. The molecule has 2 heteroatoms. The van der Waals surface area contributed by atoms with E-state index in [0.717, 1.165) is 18.6 Å². The monoisotopic (exact) mass is 230 g/mol. The Morgan fingerprint density at radius 3 is 2.82 bits per heavy atom. The van der Waals surface area contributed by atoms with Gasteiger partial charge in [0, 0.05) is 0 Å². The van der Waals surface area contributed by atoms with Crippen molar-refractivity contribution in [1.29, 1.82) is 0 Å². The summed E-state index contributed by atoms with van der Waals surface area (Å²) in [5, 5.41) is 9.83. The van der Waals surface area contributed by atoms with Gasteiger partial charge in [-0.25, -0.2) is 0 Å². The maximum atomic E-state index is 10.8. The predicted molar refractivity (Wildman–Crippen MR) is 66.5 cm³/mol. The van der Waals surface area contributed by atoms with Crippen molar-refractivity contribution in [3.05, 3.63) is 28.8 Å². The number of hydrogen-bond acceptors (Lipinski definition) is 2. The number of carbonyl (C=O) groups is 1. The van der Waals surface area contributed by atoms with E-state index in [1.165, 1.54) is 43.2 Å². The maximum absolute atomic E-state index is 10.8. The van der Waals surface area contributed by atoms with Gasteiger partial charge in [-0.2, -0.15) is 0 Å². The fourth-order valence-corrected chi connectivity index (χ4v) is 3.63. The summed E-state index contributed by atoms with van der Waals surface area (Å²) in [4.78, 5) is 10.8. The molecule has 2 nitrogen and oxygen atoms in total. The van der Waals surface area contributed by atoms with Gasteiger partial charge in [-0.3, -0.25) is 4.79 Å². The molecule has 1 aromatic carbocycles. The van der Waals surface area contributed by atoms with Crippen LogP contribution in [0.5, 0.6) is 5.75 Å². The molecule has 2 atom stereocenters. The Kier molecular flexibility index (Phi) is 2.65. The Morgan fingerprint density at radius 1 is 1.18 bits per heavy atom. The molecule has 0 aliphatic heterocycles. The highest BCUT2D eigenvalue weighted by Gasteiger charge is 2.32. The summed E-state index contributed by atoms with van der Waals surface area (Å²) in [6.07, 6.45) is 8.31. The second-order valence-corrected chi connectivity index (χ2v) is 5.42. The van der Waals surface area contributed by atoms with Gasteiger partial charge in [-0.05, 0) is 60.8 Å². The lowest BCUT2D eigenvalue weighted by molar-refractivity contribution is 0.112. The summed E-state index contributed by atoms with van der Waals surface area (Å²) in [7, 11) is 0. The van der Waals surface area contributed by atoms with Crippen molar-refractivity contribution in [2.24, 2.45) is 5.92 Å². The molecule has 1 fully saturated rings. The molecule has 0 spiro atoms. The highest BCUT2D eigenvalue weighted by molar-refractivity contribution is 5.80. The van der Waals surface area contributed by atoms with Crippen LogP contribution < -0.4 is 0 Å². The summed E-state index contributed by atoms with van der Waals surface area (Å²) in [6, 6.07) is 3.74. The molecule has 2 aliphatic rings. The second-order valence-electron chi connectivity index (χ2n) is 5.42. The van der Waals surface area contributed by atoms with Crippen LogP contribution in [0.2, 0.25) is 0 Å². The van der Waals surface area contributed by atoms with E-state index < -0.39 is 0 Å². The quantitative estimate of drug-likeness (QED) is 0.750. The third-order valence-electron chi connectivity index (χ3n) is 4.51. The fraction of sp³-hybridized carbons (Fsp3) is 0.533. The molecule has 1 saturated carbocycles. The average Bonchev–Trinajstić information content (AvgIpc) is 2.38. The van der Waals surface area contributed by atoms with Gasteiger partial charge < -0.3 is 5.11 Å². The third-order valence-corrected chi connectivity index (χ3v) is 4.51. The molecular weight excluding hydrogens is 212 g/mol. The molecule has 2 aliphatic carbocycles. The molecule has 17 heavy (non-hydrogen) atoms. The fourth-order valence-electron chi connectivity index (χ4n) is 3.63. The molecule has 3 rings (SSSR count). The smallest absolute Gasteiger partial charge is 0.153 e. The van der Waals surface area contributed by atoms with Crippen molar-refractivity contribution in [2.75, 3.05) is 0 Å². The zero-order chi connectivity index (χ0) is 11.8. The van der Waals surface area contributed by atoms with Crippen LogP contribution >= 0.6 is 0 Å². The van der Waals surface area contributed by atoms with Crippen LogP contribution in [-0.2, 0) is 6.42 Å². The van der Waals surface area contributed by atoms with E-state index in [1.807, 2.05) is 12.1 Å². The molecule has 0 heterocycles. The summed E-state index contributed by atoms with van der Waals surface area (Å²) in [5.41, 5.74) is 3.04. The summed E-state index contributed by atoms with van der Waals surface area (Å²) in [5.74, 6) is 1.59. The molecule has 0 radical (unpaired) electrons. The van der Waals surface area contributed by atoms with E-state index in [1.54, 1.807) is 0 Å². The number of aromatic hydroxyl groups is 1. The van der Waals surface area contributed by atoms with Gasteiger partial charge in [0.15, 0.2) is 6.29 Å². The molecule has 90 valence electrons. The zero-order valence-corrected chi connectivity index (χ0v) is 9.98. The number of hydrogen-bond donors (Lipinski definition) is 1. The second kappa shape index (κ2) is 4.17.